The Morgan fingerprint density at radius 1 is 0.974 bits per heavy atom. The number of hydrogen-bond donors (Lipinski definition) is 1. The maximum absolute atomic E-state index is 13.5. The molecular formula is C31H33NO6S. The lowest BCUT2D eigenvalue weighted by molar-refractivity contribution is -0.137. The topological polar surface area (TPSA) is 103 Å². The van der Waals surface area contributed by atoms with Gasteiger partial charge in [0.25, 0.3) is 0 Å². The summed E-state index contributed by atoms with van der Waals surface area (Å²) >= 11 is 0. The summed E-state index contributed by atoms with van der Waals surface area (Å²) in [4.78, 5) is 26.5. The fourth-order valence-electron chi connectivity index (χ4n) is 4.48. The number of sulfonamides is 1. The highest BCUT2D eigenvalue weighted by atomic mass is 32.2. The first-order chi connectivity index (χ1) is 18.5. The van der Waals surface area contributed by atoms with Gasteiger partial charge in [-0.25, -0.2) is 18.0 Å². The minimum Gasteiger partial charge on any atom is -0.425 e. The van der Waals surface area contributed by atoms with Crippen molar-refractivity contribution in [3.63, 3.8) is 0 Å². The number of carbonyl (C=O) groups is 1. The highest BCUT2D eigenvalue weighted by Crippen LogP contribution is 2.32. The van der Waals surface area contributed by atoms with Gasteiger partial charge in [0.05, 0.1) is 10.3 Å². The summed E-state index contributed by atoms with van der Waals surface area (Å²) in [6.07, 6.45) is 0.901. The van der Waals surface area contributed by atoms with E-state index >= 15 is 0 Å². The van der Waals surface area contributed by atoms with Crippen LogP contribution < -0.4 is 15.1 Å². The van der Waals surface area contributed by atoms with Crippen LogP contribution in [-0.2, 0) is 21.2 Å². The fraction of sp³-hybridized carbons (Fsp3) is 0.290. The first-order valence-electron chi connectivity index (χ1n) is 12.9. The molecule has 4 rings (SSSR count). The van der Waals surface area contributed by atoms with Gasteiger partial charge in [0.1, 0.15) is 17.4 Å². The lowest BCUT2D eigenvalue weighted by Crippen LogP contribution is -2.47. The Morgan fingerprint density at radius 3 is 2.28 bits per heavy atom. The summed E-state index contributed by atoms with van der Waals surface area (Å²) in [5.41, 5.74) is 3.56. The van der Waals surface area contributed by atoms with Crippen LogP contribution in [0.1, 0.15) is 48.1 Å². The van der Waals surface area contributed by atoms with E-state index in [0.29, 0.717) is 34.9 Å². The van der Waals surface area contributed by atoms with Gasteiger partial charge in [-0.15, -0.1) is 0 Å². The van der Waals surface area contributed by atoms with E-state index in [1.807, 2.05) is 44.2 Å². The predicted molar refractivity (Wildman–Crippen MR) is 152 cm³/mol. The summed E-state index contributed by atoms with van der Waals surface area (Å²) < 4.78 is 40.4. The molecule has 0 unspecified atom stereocenters. The zero-order chi connectivity index (χ0) is 28.3. The SMILES string of the molecule is CC[C@H](C)[C@H](NS(=O)(=O)c1ccc(C)cc1)C(=O)Oc1cc(C)cc2oc(=O)c(Cc3ccccc3)c(C)c12. The van der Waals surface area contributed by atoms with Crippen molar-refractivity contribution in [1.82, 2.24) is 4.72 Å². The van der Waals surface area contributed by atoms with Crippen molar-refractivity contribution in [3.05, 3.63) is 105 Å². The normalized spacial score (nSPS) is 13.3. The molecule has 0 spiro atoms. The number of esters is 1. The molecule has 0 bridgehead atoms. The summed E-state index contributed by atoms with van der Waals surface area (Å²) in [6, 6.07) is 18.3. The first kappa shape index (κ1) is 28.3. The Bertz CT molecular complexity index is 1660. The largest absolute Gasteiger partial charge is 0.425 e. The van der Waals surface area contributed by atoms with E-state index in [0.717, 1.165) is 16.7 Å². The molecule has 0 fully saturated rings. The molecule has 0 aliphatic rings. The highest BCUT2D eigenvalue weighted by Gasteiger charge is 2.32. The number of hydrogen-bond acceptors (Lipinski definition) is 6. The number of ether oxygens (including phenoxy) is 1. The van der Waals surface area contributed by atoms with E-state index in [1.165, 1.54) is 12.1 Å². The fourth-order valence-corrected chi connectivity index (χ4v) is 5.77. The Kier molecular flexibility index (Phi) is 8.37. The Balaban J connectivity index is 1.73. The van der Waals surface area contributed by atoms with Crippen LogP contribution in [0.3, 0.4) is 0 Å². The second kappa shape index (κ2) is 11.6. The molecule has 39 heavy (non-hydrogen) atoms. The minimum atomic E-state index is -3.99. The maximum atomic E-state index is 13.5. The third-order valence-corrected chi connectivity index (χ3v) is 8.46. The third kappa shape index (κ3) is 6.29. The van der Waals surface area contributed by atoms with Crippen molar-refractivity contribution in [2.75, 3.05) is 0 Å². The van der Waals surface area contributed by atoms with E-state index in [1.54, 1.807) is 45.0 Å². The van der Waals surface area contributed by atoms with Crippen LogP contribution in [0.2, 0.25) is 0 Å². The van der Waals surface area contributed by atoms with Crippen LogP contribution in [-0.4, -0.2) is 20.4 Å². The van der Waals surface area contributed by atoms with Crippen LogP contribution in [0, 0.1) is 26.7 Å². The highest BCUT2D eigenvalue weighted by molar-refractivity contribution is 7.89. The molecule has 204 valence electrons. The van der Waals surface area contributed by atoms with Crippen LogP contribution >= 0.6 is 0 Å². The minimum absolute atomic E-state index is 0.0679. The van der Waals surface area contributed by atoms with Crippen LogP contribution in [0.4, 0.5) is 0 Å². The predicted octanol–water partition coefficient (Wildman–Crippen LogP) is 5.61. The number of carbonyl (C=O) groups excluding carboxylic acids is 1. The number of aryl methyl sites for hydroxylation is 3. The summed E-state index contributed by atoms with van der Waals surface area (Å²) in [7, 11) is -3.99. The van der Waals surface area contributed by atoms with Gasteiger partial charge in [0.2, 0.25) is 10.0 Å². The van der Waals surface area contributed by atoms with E-state index < -0.39 is 27.7 Å². The maximum Gasteiger partial charge on any atom is 0.340 e. The van der Waals surface area contributed by atoms with Gasteiger partial charge in [0, 0.05) is 12.0 Å². The molecule has 2 atom stereocenters. The third-order valence-electron chi connectivity index (χ3n) is 7.00. The van der Waals surface area contributed by atoms with Gasteiger partial charge in [-0.2, -0.15) is 4.72 Å². The van der Waals surface area contributed by atoms with Crippen molar-refractivity contribution >= 4 is 27.0 Å². The van der Waals surface area contributed by atoms with Gasteiger partial charge in [0.15, 0.2) is 0 Å². The average Bonchev–Trinajstić information content (AvgIpc) is 2.89. The Hall–Kier alpha value is -3.75. The molecule has 7 nitrogen and oxygen atoms in total. The van der Waals surface area contributed by atoms with E-state index in [2.05, 4.69) is 4.72 Å². The monoisotopic (exact) mass is 547 g/mol. The molecule has 0 saturated heterocycles. The Labute approximate surface area is 228 Å². The molecule has 3 aromatic carbocycles. The summed E-state index contributed by atoms with van der Waals surface area (Å²) in [5, 5.41) is 0.503. The van der Waals surface area contributed by atoms with E-state index in [-0.39, 0.29) is 16.6 Å². The lowest BCUT2D eigenvalue weighted by atomic mass is 9.98. The molecule has 8 heteroatoms. The lowest BCUT2D eigenvalue weighted by Gasteiger charge is -2.23. The van der Waals surface area contributed by atoms with Crippen molar-refractivity contribution in [1.29, 1.82) is 0 Å². The van der Waals surface area contributed by atoms with Crippen molar-refractivity contribution in [3.8, 4) is 5.75 Å². The van der Waals surface area contributed by atoms with Gasteiger partial charge < -0.3 is 9.15 Å². The second-order valence-corrected chi connectivity index (χ2v) is 11.7. The number of rotatable bonds is 9. The van der Waals surface area contributed by atoms with Gasteiger partial charge >= 0.3 is 11.6 Å². The first-order valence-corrected chi connectivity index (χ1v) is 14.4. The van der Waals surface area contributed by atoms with Gasteiger partial charge in [-0.1, -0.05) is 68.3 Å². The summed E-state index contributed by atoms with van der Waals surface area (Å²) in [5.74, 6) is -0.864. The molecule has 1 N–H and O–H groups in total. The molecular weight excluding hydrogens is 514 g/mol. The molecule has 0 saturated carbocycles. The molecule has 4 aromatic rings. The zero-order valence-electron chi connectivity index (χ0n) is 22.8. The molecule has 0 aliphatic carbocycles. The number of nitrogens with one attached hydrogen (secondary N) is 1. The molecule has 0 radical (unpaired) electrons. The molecule has 1 aromatic heterocycles. The number of benzene rings is 3. The van der Waals surface area contributed by atoms with Crippen molar-refractivity contribution < 1.29 is 22.4 Å². The Morgan fingerprint density at radius 2 is 1.64 bits per heavy atom. The number of fused-ring (bicyclic) bond motifs is 1. The van der Waals surface area contributed by atoms with Crippen molar-refractivity contribution in [2.24, 2.45) is 5.92 Å². The summed E-state index contributed by atoms with van der Waals surface area (Å²) in [6.45, 7) is 9.14. The van der Waals surface area contributed by atoms with Crippen LogP contribution in [0.15, 0.2) is 80.8 Å². The molecule has 0 aliphatic heterocycles. The van der Waals surface area contributed by atoms with Gasteiger partial charge in [-0.05, 0) is 67.6 Å². The second-order valence-electron chi connectivity index (χ2n) is 10.0. The molecule has 1 heterocycles. The van der Waals surface area contributed by atoms with E-state index in [4.69, 9.17) is 9.15 Å². The quantitative estimate of drug-likeness (QED) is 0.166. The average molecular weight is 548 g/mol. The standard InChI is InChI=1S/C31H33NO6S/c1-6-21(4)29(32-39(35,36)24-14-12-19(2)13-15-24)31(34)38-27-17-20(3)16-26-28(27)22(5)25(30(33)37-26)18-23-10-8-7-9-11-23/h7-17,21,29,32H,6,18H2,1-5H3/t21-,29-/m0/s1. The molecule has 0 amide bonds. The van der Waals surface area contributed by atoms with Gasteiger partial charge in [-0.3, -0.25) is 0 Å². The zero-order valence-corrected chi connectivity index (χ0v) is 23.6. The van der Waals surface area contributed by atoms with E-state index in [9.17, 15) is 18.0 Å². The smallest absolute Gasteiger partial charge is 0.340 e. The van der Waals surface area contributed by atoms with Crippen molar-refractivity contribution in [2.45, 2.75) is 58.4 Å². The van der Waals surface area contributed by atoms with Crippen LogP contribution in [0.25, 0.3) is 11.0 Å². The van der Waals surface area contributed by atoms with Crippen LogP contribution in [0.5, 0.6) is 5.75 Å².